The Hall–Kier alpha value is -1.25. The number of rotatable bonds is 2. The Kier molecular flexibility index (Phi) is 2.99. The summed E-state index contributed by atoms with van der Waals surface area (Å²) in [5, 5.41) is 9.19. The van der Waals surface area contributed by atoms with E-state index < -0.39 is 5.56 Å². The van der Waals surface area contributed by atoms with Crippen molar-refractivity contribution < 1.29 is 5.11 Å². The zero-order valence-corrected chi connectivity index (χ0v) is 8.92. The number of aromatic amines is 1. The minimum atomic E-state index is -0.426. The monoisotopic (exact) mass is 195 g/mol. The Morgan fingerprint density at radius 2 is 2.07 bits per heavy atom. The van der Waals surface area contributed by atoms with Crippen LogP contribution in [0.3, 0.4) is 0 Å². The maximum Gasteiger partial charge on any atom is 0.290 e. The van der Waals surface area contributed by atoms with Gasteiger partial charge in [0.25, 0.3) is 5.56 Å². The Morgan fingerprint density at radius 1 is 1.43 bits per heavy atom. The largest absolute Gasteiger partial charge is 0.503 e. The second-order valence-electron chi connectivity index (χ2n) is 4.78. The molecule has 0 bridgehead atoms. The predicted octanol–water partition coefficient (Wildman–Crippen LogP) is 2.06. The fourth-order valence-electron chi connectivity index (χ4n) is 1.18. The number of aromatic nitrogens is 1. The van der Waals surface area contributed by atoms with Crippen LogP contribution in [0.25, 0.3) is 0 Å². The van der Waals surface area contributed by atoms with E-state index in [2.05, 4.69) is 25.8 Å². The van der Waals surface area contributed by atoms with Gasteiger partial charge in [0.15, 0.2) is 5.75 Å². The molecule has 0 aromatic carbocycles. The van der Waals surface area contributed by atoms with Gasteiger partial charge in [-0.15, -0.1) is 0 Å². The molecule has 2 N–H and O–H groups in total. The van der Waals surface area contributed by atoms with Crippen LogP contribution in [0, 0.1) is 5.41 Å². The first-order valence-electron chi connectivity index (χ1n) is 4.79. The lowest BCUT2D eigenvalue weighted by Gasteiger charge is -2.17. The predicted molar refractivity (Wildman–Crippen MR) is 56.5 cm³/mol. The molecule has 0 saturated carbocycles. The van der Waals surface area contributed by atoms with Crippen LogP contribution in [-0.2, 0) is 6.42 Å². The smallest absolute Gasteiger partial charge is 0.290 e. The zero-order chi connectivity index (χ0) is 10.8. The lowest BCUT2D eigenvalue weighted by Crippen LogP contribution is -2.09. The summed E-state index contributed by atoms with van der Waals surface area (Å²) in [6.07, 6.45) is 3.56. The topological polar surface area (TPSA) is 53.1 Å². The third kappa shape index (κ3) is 3.24. The number of H-pyrrole nitrogens is 1. The lowest BCUT2D eigenvalue weighted by molar-refractivity contribution is 0.377. The van der Waals surface area contributed by atoms with Gasteiger partial charge < -0.3 is 10.1 Å². The van der Waals surface area contributed by atoms with E-state index in [-0.39, 0.29) is 11.2 Å². The van der Waals surface area contributed by atoms with Gasteiger partial charge in [-0.1, -0.05) is 20.8 Å². The van der Waals surface area contributed by atoms with Gasteiger partial charge in [-0.3, -0.25) is 4.79 Å². The molecular formula is C11H17NO2. The average molecular weight is 195 g/mol. The van der Waals surface area contributed by atoms with Crippen LogP contribution >= 0.6 is 0 Å². The van der Waals surface area contributed by atoms with E-state index >= 15 is 0 Å². The molecule has 14 heavy (non-hydrogen) atoms. The van der Waals surface area contributed by atoms with E-state index in [1.54, 1.807) is 6.20 Å². The van der Waals surface area contributed by atoms with Crippen LogP contribution in [0.1, 0.15) is 32.8 Å². The van der Waals surface area contributed by atoms with E-state index in [0.29, 0.717) is 0 Å². The van der Waals surface area contributed by atoms with Crippen molar-refractivity contribution in [3.05, 3.63) is 28.2 Å². The molecule has 1 aromatic heterocycles. The molecule has 0 aliphatic heterocycles. The Bertz CT molecular complexity index is 360. The highest BCUT2D eigenvalue weighted by Gasteiger charge is 2.10. The van der Waals surface area contributed by atoms with Gasteiger partial charge in [0.05, 0.1) is 0 Å². The highest BCUT2D eigenvalue weighted by atomic mass is 16.3. The van der Waals surface area contributed by atoms with Crippen molar-refractivity contribution in [1.29, 1.82) is 0 Å². The number of hydrogen-bond acceptors (Lipinski definition) is 2. The number of aromatic hydroxyl groups is 1. The van der Waals surface area contributed by atoms with Crippen molar-refractivity contribution >= 4 is 0 Å². The minimum absolute atomic E-state index is 0.198. The summed E-state index contributed by atoms with van der Waals surface area (Å²) >= 11 is 0. The van der Waals surface area contributed by atoms with Crippen molar-refractivity contribution in [2.75, 3.05) is 0 Å². The zero-order valence-electron chi connectivity index (χ0n) is 8.92. The summed E-state index contributed by atoms with van der Waals surface area (Å²) in [6, 6.07) is 1.53. The fourth-order valence-corrected chi connectivity index (χ4v) is 1.18. The van der Waals surface area contributed by atoms with E-state index in [4.69, 9.17) is 0 Å². The van der Waals surface area contributed by atoms with E-state index in [1.807, 2.05) is 0 Å². The molecule has 0 spiro atoms. The molecule has 3 nitrogen and oxygen atoms in total. The molecule has 0 saturated heterocycles. The second kappa shape index (κ2) is 3.86. The summed E-state index contributed by atoms with van der Waals surface area (Å²) in [7, 11) is 0. The summed E-state index contributed by atoms with van der Waals surface area (Å²) < 4.78 is 0. The van der Waals surface area contributed by atoms with Crippen LogP contribution in [0.15, 0.2) is 17.1 Å². The van der Waals surface area contributed by atoms with E-state index in [9.17, 15) is 9.90 Å². The van der Waals surface area contributed by atoms with Gasteiger partial charge in [-0.05, 0) is 29.9 Å². The lowest BCUT2D eigenvalue weighted by atomic mass is 9.89. The highest BCUT2D eigenvalue weighted by Crippen LogP contribution is 2.21. The van der Waals surface area contributed by atoms with Crippen molar-refractivity contribution in [3.8, 4) is 5.75 Å². The quantitative estimate of drug-likeness (QED) is 0.759. The maximum atomic E-state index is 10.9. The minimum Gasteiger partial charge on any atom is -0.503 e. The third-order valence-electron chi connectivity index (χ3n) is 2.11. The van der Waals surface area contributed by atoms with Crippen LogP contribution < -0.4 is 5.56 Å². The van der Waals surface area contributed by atoms with Gasteiger partial charge in [-0.25, -0.2) is 0 Å². The fraction of sp³-hybridized carbons (Fsp3) is 0.545. The first-order chi connectivity index (χ1) is 6.38. The highest BCUT2D eigenvalue weighted by molar-refractivity contribution is 5.22. The molecule has 3 heteroatoms. The van der Waals surface area contributed by atoms with E-state index in [1.165, 1.54) is 6.07 Å². The van der Waals surface area contributed by atoms with Crippen LogP contribution in [0.4, 0.5) is 0 Å². The van der Waals surface area contributed by atoms with Gasteiger partial charge >= 0.3 is 0 Å². The first-order valence-corrected chi connectivity index (χ1v) is 4.79. The third-order valence-corrected chi connectivity index (χ3v) is 2.11. The standard InChI is InChI=1S/C11H17NO2/c1-11(2,3)5-4-8-6-9(13)10(14)12-7-8/h6-7,13H,4-5H2,1-3H3,(H,12,14). The molecule has 1 heterocycles. The molecule has 0 amide bonds. The summed E-state index contributed by atoms with van der Waals surface area (Å²) in [4.78, 5) is 13.4. The SMILES string of the molecule is CC(C)(C)CCc1c[nH]c(=O)c(O)c1. The van der Waals surface area contributed by atoms with Crippen molar-refractivity contribution in [1.82, 2.24) is 4.98 Å². The maximum absolute atomic E-state index is 10.9. The van der Waals surface area contributed by atoms with Crippen LogP contribution in [0.5, 0.6) is 5.75 Å². The Balaban J connectivity index is 2.70. The van der Waals surface area contributed by atoms with Gasteiger partial charge in [0.2, 0.25) is 0 Å². The van der Waals surface area contributed by atoms with Crippen molar-refractivity contribution in [2.24, 2.45) is 5.41 Å². The van der Waals surface area contributed by atoms with Gasteiger partial charge in [0.1, 0.15) is 0 Å². The van der Waals surface area contributed by atoms with E-state index in [0.717, 1.165) is 18.4 Å². The molecule has 0 radical (unpaired) electrons. The second-order valence-corrected chi connectivity index (χ2v) is 4.78. The number of aryl methyl sites for hydroxylation is 1. The van der Waals surface area contributed by atoms with Crippen molar-refractivity contribution in [2.45, 2.75) is 33.6 Å². The Morgan fingerprint density at radius 3 is 2.57 bits per heavy atom. The Labute approximate surface area is 83.8 Å². The first kappa shape index (κ1) is 10.8. The number of pyridine rings is 1. The summed E-state index contributed by atoms with van der Waals surface area (Å²) in [5.41, 5.74) is 0.813. The molecule has 0 fully saturated rings. The molecule has 1 aromatic rings. The molecule has 0 aliphatic rings. The van der Waals surface area contributed by atoms with Gasteiger partial charge in [0, 0.05) is 6.20 Å². The molecule has 0 aliphatic carbocycles. The molecular weight excluding hydrogens is 178 g/mol. The molecule has 78 valence electrons. The average Bonchev–Trinajstić information content (AvgIpc) is 2.06. The van der Waals surface area contributed by atoms with Crippen LogP contribution in [0.2, 0.25) is 0 Å². The summed E-state index contributed by atoms with van der Waals surface area (Å²) in [6.45, 7) is 6.50. The van der Waals surface area contributed by atoms with Crippen molar-refractivity contribution in [3.63, 3.8) is 0 Å². The molecule has 0 unspecified atom stereocenters. The normalized spacial score (nSPS) is 11.6. The van der Waals surface area contributed by atoms with Gasteiger partial charge in [-0.2, -0.15) is 0 Å². The number of nitrogens with one attached hydrogen (secondary N) is 1. The van der Waals surface area contributed by atoms with Crippen LogP contribution in [-0.4, -0.2) is 10.1 Å². The summed E-state index contributed by atoms with van der Waals surface area (Å²) in [5.74, 6) is -0.198. The molecule has 1 rings (SSSR count). The molecule has 0 atom stereocenters. The number of hydrogen-bond donors (Lipinski definition) is 2.